The van der Waals surface area contributed by atoms with Crippen molar-refractivity contribution in [3.05, 3.63) is 59.1 Å². The zero-order chi connectivity index (χ0) is 18.4. The largest absolute Gasteiger partial charge is 0.375 e. The normalized spacial score (nSPS) is 14.2. The van der Waals surface area contributed by atoms with E-state index < -0.39 is 0 Å². The average molecular weight is 372 g/mol. The molecule has 1 saturated heterocycles. The van der Waals surface area contributed by atoms with Gasteiger partial charge >= 0.3 is 0 Å². The Morgan fingerprint density at radius 3 is 2.46 bits per heavy atom. The lowest BCUT2D eigenvalue weighted by Gasteiger charge is -2.29. The van der Waals surface area contributed by atoms with E-state index in [2.05, 4.69) is 34.5 Å². The summed E-state index contributed by atoms with van der Waals surface area (Å²) >= 11 is 6.10. The molecule has 1 fully saturated rings. The molecule has 1 heterocycles. The van der Waals surface area contributed by atoms with Crippen molar-refractivity contribution >= 4 is 28.9 Å². The Morgan fingerprint density at radius 1 is 1.08 bits per heavy atom. The molecule has 1 aliphatic heterocycles. The van der Waals surface area contributed by atoms with Crippen molar-refractivity contribution in [1.29, 1.82) is 0 Å². The van der Waals surface area contributed by atoms with E-state index in [1.165, 1.54) is 24.9 Å². The van der Waals surface area contributed by atoms with Gasteiger partial charge in [0, 0.05) is 32.4 Å². The Kier molecular flexibility index (Phi) is 6.40. The Labute approximate surface area is 160 Å². The molecule has 0 bridgehead atoms. The number of nitrogens with one attached hydrogen (secondary N) is 1. The van der Waals surface area contributed by atoms with Crippen LogP contribution < -0.4 is 10.2 Å². The van der Waals surface area contributed by atoms with Crippen LogP contribution in [0.5, 0.6) is 0 Å². The third-order valence-electron chi connectivity index (χ3n) is 4.81. The van der Waals surface area contributed by atoms with Gasteiger partial charge in [0.25, 0.3) is 0 Å². The Morgan fingerprint density at radius 2 is 1.77 bits per heavy atom. The molecule has 0 spiro atoms. The van der Waals surface area contributed by atoms with Crippen molar-refractivity contribution in [2.75, 3.05) is 36.9 Å². The van der Waals surface area contributed by atoms with Gasteiger partial charge in [-0.05, 0) is 49.1 Å². The number of para-hydroxylation sites is 1. The summed E-state index contributed by atoms with van der Waals surface area (Å²) in [5.41, 5.74) is 3.20. The molecule has 1 amide bonds. The van der Waals surface area contributed by atoms with E-state index in [4.69, 9.17) is 11.6 Å². The Hall–Kier alpha value is -2.20. The van der Waals surface area contributed by atoms with Crippen LogP contribution in [0.2, 0.25) is 5.02 Å². The second kappa shape index (κ2) is 8.95. The number of rotatable bonds is 6. The van der Waals surface area contributed by atoms with Crippen LogP contribution in [0.1, 0.15) is 24.8 Å². The quantitative estimate of drug-likeness (QED) is 0.817. The standard InChI is InChI=1S/C21H26ClN3O/c1-24(21(26)15-23-20-8-4-3-7-19(20)22)16-17-9-11-18(12-10-17)25-13-5-2-6-14-25/h3-4,7-12,23H,2,5-6,13-16H2,1H3. The van der Waals surface area contributed by atoms with Gasteiger partial charge in [-0.15, -0.1) is 0 Å². The van der Waals surface area contributed by atoms with Crippen molar-refractivity contribution < 1.29 is 4.79 Å². The number of anilines is 2. The van der Waals surface area contributed by atoms with Gasteiger partial charge in [0.1, 0.15) is 0 Å². The number of carbonyl (C=O) groups is 1. The first-order valence-corrected chi connectivity index (χ1v) is 9.57. The molecule has 1 aliphatic rings. The highest BCUT2D eigenvalue weighted by molar-refractivity contribution is 6.33. The van der Waals surface area contributed by atoms with E-state index in [0.717, 1.165) is 24.3 Å². The summed E-state index contributed by atoms with van der Waals surface area (Å²) in [6, 6.07) is 16.0. The summed E-state index contributed by atoms with van der Waals surface area (Å²) in [6.07, 6.45) is 3.89. The molecule has 2 aromatic rings. The number of nitrogens with zero attached hydrogens (tertiary/aromatic N) is 2. The minimum Gasteiger partial charge on any atom is -0.375 e. The first kappa shape index (κ1) is 18.6. The van der Waals surface area contributed by atoms with E-state index >= 15 is 0 Å². The van der Waals surface area contributed by atoms with E-state index in [1.807, 2.05) is 31.3 Å². The van der Waals surface area contributed by atoms with Crippen LogP contribution in [-0.2, 0) is 11.3 Å². The fraction of sp³-hybridized carbons (Fsp3) is 0.381. The molecule has 0 aliphatic carbocycles. The summed E-state index contributed by atoms with van der Waals surface area (Å²) in [5.74, 6) is 0.0324. The SMILES string of the molecule is CN(Cc1ccc(N2CCCCC2)cc1)C(=O)CNc1ccccc1Cl. The summed E-state index contributed by atoms with van der Waals surface area (Å²) in [7, 11) is 1.83. The van der Waals surface area contributed by atoms with Gasteiger partial charge in [-0.25, -0.2) is 0 Å². The lowest BCUT2D eigenvalue weighted by Crippen LogP contribution is -2.32. The van der Waals surface area contributed by atoms with Crippen LogP contribution in [0.4, 0.5) is 11.4 Å². The maximum absolute atomic E-state index is 12.4. The minimum atomic E-state index is 0.0324. The number of likely N-dealkylation sites (N-methyl/N-ethyl adjacent to an activating group) is 1. The Bertz CT molecular complexity index is 726. The molecule has 1 N–H and O–H groups in total. The monoisotopic (exact) mass is 371 g/mol. The number of carbonyl (C=O) groups excluding carboxylic acids is 1. The minimum absolute atomic E-state index is 0.0324. The van der Waals surface area contributed by atoms with E-state index in [9.17, 15) is 4.79 Å². The first-order chi connectivity index (χ1) is 12.6. The fourth-order valence-corrected chi connectivity index (χ4v) is 3.44. The molecule has 0 saturated carbocycles. The lowest BCUT2D eigenvalue weighted by molar-refractivity contribution is -0.128. The van der Waals surface area contributed by atoms with Crippen LogP contribution in [0.3, 0.4) is 0 Å². The molecule has 26 heavy (non-hydrogen) atoms. The van der Waals surface area contributed by atoms with E-state index in [1.54, 1.807) is 4.90 Å². The number of hydrogen-bond acceptors (Lipinski definition) is 3. The molecule has 0 radical (unpaired) electrons. The Balaban J connectivity index is 1.51. The predicted octanol–water partition coefficient (Wildman–Crippen LogP) is 4.40. The highest BCUT2D eigenvalue weighted by Gasteiger charge is 2.12. The second-order valence-electron chi connectivity index (χ2n) is 6.80. The summed E-state index contributed by atoms with van der Waals surface area (Å²) < 4.78 is 0. The number of halogens is 1. The third-order valence-corrected chi connectivity index (χ3v) is 5.14. The zero-order valence-electron chi connectivity index (χ0n) is 15.2. The molecular weight excluding hydrogens is 346 g/mol. The van der Waals surface area contributed by atoms with Crippen molar-refractivity contribution in [2.45, 2.75) is 25.8 Å². The number of piperidine rings is 1. The van der Waals surface area contributed by atoms with E-state index in [-0.39, 0.29) is 12.5 Å². The molecule has 138 valence electrons. The molecule has 3 rings (SSSR count). The third kappa shape index (κ3) is 4.92. The van der Waals surface area contributed by atoms with Crippen LogP contribution in [0, 0.1) is 0 Å². The lowest BCUT2D eigenvalue weighted by atomic mass is 10.1. The van der Waals surface area contributed by atoms with Crippen LogP contribution in [-0.4, -0.2) is 37.5 Å². The maximum atomic E-state index is 12.4. The van der Waals surface area contributed by atoms with Crippen molar-refractivity contribution in [3.8, 4) is 0 Å². The van der Waals surface area contributed by atoms with Crippen LogP contribution >= 0.6 is 11.6 Å². The summed E-state index contributed by atoms with van der Waals surface area (Å²) in [4.78, 5) is 16.5. The van der Waals surface area contributed by atoms with Gasteiger partial charge in [0.2, 0.25) is 5.91 Å². The predicted molar refractivity (Wildman–Crippen MR) is 109 cm³/mol. The fourth-order valence-electron chi connectivity index (χ4n) is 3.24. The maximum Gasteiger partial charge on any atom is 0.241 e. The number of benzene rings is 2. The average Bonchev–Trinajstić information content (AvgIpc) is 2.68. The summed E-state index contributed by atoms with van der Waals surface area (Å²) in [5, 5.41) is 3.72. The molecule has 5 heteroatoms. The zero-order valence-corrected chi connectivity index (χ0v) is 16.0. The topological polar surface area (TPSA) is 35.6 Å². The molecule has 0 aromatic heterocycles. The highest BCUT2D eigenvalue weighted by Crippen LogP contribution is 2.21. The number of amides is 1. The molecule has 2 aromatic carbocycles. The van der Waals surface area contributed by atoms with Crippen LogP contribution in [0.15, 0.2) is 48.5 Å². The summed E-state index contributed by atoms with van der Waals surface area (Å²) in [6.45, 7) is 3.12. The van der Waals surface area contributed by atoms with E-state index in [0.29, 0.717) is 11.6 Å². The van der Waals surface area contributed by atoms with Gasteiger partial charge < -0.3 is 15.1 Å². The van der Waals surface area contributed by atoms with Gasteiger partial charge in [0.15, 0.2) is 0 Å². The van der Waals surface area contributed by atoms with Gasteiger partial charge in [-0.2, -0.15) is 0 Å². The highest BCUT2D eigenvalue weighted by atomic mass is 35.5. The van der Waals surface area contributed by atoms with Crippen molar-refractivity contribution in [1.82, 2.24) is 4.90 Å². The molecular formula is C21H26ClN3O. The smallest absolute Gasteiger partial charge is 0.241 e. The molecule has 0 atom stereocenters. The number of hydrogen-bond donors (Lipinski definition) is 1. The molecule has 0 unspecified atom stereocenters. The van der Waals surface area contributed by atoms with Gasteiger partial charge in [-0.1, -0.05) is 35.9 Å². The van der Waals surface area contributed by atoms with Gasteiger partial charge in [-0.3, -0.25) is 4.79 Å². The van der Waals surface area contributed by atoms with Gasteiger partial charge in [0.05, 0.1) is 17.3 Å². The van der Waals surface area contributed by atoms with Crippen molar-refractivity contribution in [2.24, 2.45) is 0 Å². The molecule has 4 nitrogen and oxygen atoms in total. The van der Waals surface area contributed by atoms with Crippen molar-refractivity contribution in [3.63, 3.8) is 0 Å². The first-order valence-electron chi connectivity index (χ1n) is 9.20. The second-order valence-corrected chi connectivity index (χ2v) is 7.20. The van der Waals surface area contributed by atoms with Crippen LogP contribution in [0.25, 0.3) is 0 Å².